The third-order valence-electron chi connectivity index (χ3n) is 3.92. The van der Waals surface area contributed by atoms with E-state index in [0.29, 0.717) is 28.7 Å². The van der Waals surface area contributed by atoms with Crippen LogP contribution in [0.15, 0.2) is 40.0 Å². The Morgan fingerprint density at radius 3 is 2.41 bits per heavy atom. The lowest BCUT2D eigenvalue weighted by Crippen LogP contribution is -2.34. The van der Waals surface area contributed by atoms with Gasteiger partial charge in [0.25, 0.3) is 17.4 Å². The van der Waals surface area contributed by atoms with E-state index in [1.54, 1.807) is 24.2 Å². The monoisotopic (exact) mass is 434 g/mol. The first kappa shape index (κ1) is 20.8. The SMILES string of the molecule is CCCN(CCC)C(=O)c1cc(NC(=O)c2cncc(Br)c2)c(=O)n(C)c1. The zero-order valence-electron chi connectivity index (χ0n) is 15.7. The highest BCUT2D eigenvalue weighted by Gasteiger charge is 2.18. The molecule has 0 saturated heterocycles. The third-order valence-corrected chi connectivity index (χ3v) is 4.35. The Morgan fingerprint density at radius 2 is 1.81 bits per heavy atom. The molecule has 27 heavy (non-hydrogen) atoms. The molecular weight excluding hydrogens is 412 g/mol. The Bertz CT molecular complexity index is 889. The molecule has 2 heterocycles. The maximum Gasteiger partial charge on any atom is 0.274 e. The molecule has 7 nitrogen and oxygen atoms in total. The fraction of sp³-hybridized carbons (Fsp3) is 0.368. The van der Waals surface area contributed by atoms with E-state index in [1.807, 2.05) is 13.8 Å². The van der Waals surface area contributed by atoms with Crippen molar-refractivity contribution in [2.75, 3.05) is 18.4 Å². The van der Waals surface area contributed by atoms with Crippen LogP contribution in [0.5, 0.6) is 0 Å². The number of hydrogen-bond donors (Lipinski definition) is 1. The molecule has 0 fully saturated rings. The van der Waals surface area contributed by atoms with Crippen LogP contribution in [0.3, 0.4) is 0 Å². The van der Waals surface area contributed by atoms with Crippen molar-refractivity contribution in [2.45, 2.75) is 26.7 Å². The number of aromatic nitrogens is 2. The van der Waals surface area contributed by atoms with E-state index >= 15 is 0 Å². The number of aryl methyl sites for hydroxylation is 1. The number of pyridine rings is 2. The van der Waals surface area contributed by atoms with Crippen molar-refractivity contribution in [3.63, 3.8) is 0 Å². The van der Waals surface area contributed by atoms with E-state index in [1.165, 1.54) is 23.0 Å². The number of halogens is 1. The summed E-state index contributed by atoms with van der Waals surface area (Å²) in [5, 5.41) is 2.59. The van der Waals surface area contributed by atoms with E-state index in [9.17, 15) is 14.4 Å². The second-order valence-corrected chi connectivity index (χ2v) is 7.11. The minimum absolute atomic E-state index is 0.0567. The Labute approximate surface area is 166 Å². The fourth-order valence-electron chi connectivity index (χ4n) is 2.69. The van der Waals surface area contributed by atoms with E-state index in [0.717, 1.165) is 12.8 Å². The topological polar surface area (TPSA) is 84.3 Å². The standard InChI is InChI=1S/C19H23BrN4O3/c1-4-6-24(7-5-2)18(26)14-9-16(19(27)23(3)12-14)22-17(25)13-8-15(20)11-21-10-13/h8-12H,4-7H2,1-3H3,(H,22,25). The predicted molar refractivity (Wildman–Crippen MR) is 108 cm³/mol. The summed E-state index contributed by atoms with van der Waals surface area (Å²) < 4.78 is 1.96. The lowest BCUT2D eigenvalue weighted by Gasteiger charge is -2.22. The second kappa shape index (κ2) is 9.45. The van der Waals surface area contributed by atoms with Crippen LogP contribution in [0.4, 0.5) is 5.69 Å². The van der Waals surface area contributed by atoms with Crippen LogP contribution in [0, 0.1) is 0 Å². The van der Waals surface area contributed by atoms with Gasteiger partial charge in [-0.1, -0.05) is 13.8 Å². The summed E-state index contributed by atoms with van der Waals surface area (Å²) in [6.07, 6.45) is 6.15. The zero-order valence-corrected chi connectivity index (χ0v) is 17.2. The van der Waals surface area contributed by atoms with Gasteiger partial charge in [-0.3, -0.25) is 19.4 Å². The van der Waals surface area contributed by atoms with Crippen LogP contribution in [-0.4, -0.2) is 39.4 Å². The maximum absolute atomic E-state index is 12.8. The smallest absolute Gasteiger partial charge is 0.274 e. The molecule has 0 unspecified atom stereocenters. The minimum atomic E-state index is -0.468. The molecule has 0 radical (unpaired) electrons. The Hall–Kier alpha value is -2.48. The Kier molecular flexibility index (Phi) is 7.29. The van der Waals surface area contributed by atoms with Crippen LogP contribution in [0.2, 0.25) is 0 Å². The number of rotatable bonds is 7. The molecule has 2 amide bonds. The molecule has 0 saturated carbocycles. The molecule has 8 heteroatoms. The molecule has 1 N–H and O–H groups in total. The highest BCUT2D eigenvalue weighted by atomic mass is 79.9. The summed E-state index contributed by atoms with van der Waals surface area (Å²) in [5.41, 5.74) is 0.338. The molecular formula is C19H23BrN4O3. The molecule has 0 aliphatic carbocycles. The number of anilines is 1. The number of carbonyl (C=O) groups excluding carboxylic acids is 2. The summed E-state index contributed by atoms with van der Waals surface area (Å²) in [6, 6.07) is 3.04. The largest absolute Gasteiger partial charge is 0.339 e. The number of nitrogens with zero attached hydrogens (tertiary/aromatic N) is 3. The molecule has 2 rings (SSSR count). The van der Waals surface area contributed by atoms with E-state index in [2.05, 4.69) is 26.2 Å². The second-order valence-electron chi connectivity index (χ2n) is 6.20. The van der Waals surface area contributed by atoms with Crippen LogP contribution < -0.4 is 10.9 Å². The van der Waals surface area contributed by atoms with Gasteiger partial charge >= 0.3 is 0 Å². The summed E-state index contributed by atoms with van der Waals surface area (Å²) in [7, 11) is 1.55. The molecule has 144 valence electrons. The first-order valence-electron chi connectivity index (χ1n) is 8.79. The van der Waals surface area contributed by atoms with Crippen molar-refractivity contribution in [3.8, 4) is 0 Å². The van der Waals surface area contributed by atoms with Crippen molar-refractivity contribution < 1.29 is 9.59 Å². The fourth-order valence-corrected chi connectivity index (χ4v) is 3.05. The molecule has 2 aromatic heterocycles. The lowest BCUT2D eigenvalue weighted by molar-refractivity contribution is 0.0754. The van der Waals surface area contributed by atoms with E-state index in [4.69, 9.17) is 0 Å². The van der Waals surface area contributed by atoms with Gasteiger partial charge in [0.1, 0.15) is 5.69 Å². The van der Waals surface area contributed by atoms with Gasteiger partial charge in [0.15, 0.2) is 0 Å². The lowest BCUT2D eigenvalue weighted by atomic mass is 10.2. The van der Waals surface area contributed by atoms with Crippen LogP contribution >= 0.6 is 15.9 Å². The molecule has 0 aromatic carbocycles. The maximum atomic E-state index is 12.8. The molecule has 0 aliphatic rings. The predicted octanol–water partition coefficient (Wildman–Crippen LogP) is 3.06. The third kappa shape index (κ3) is 5.26. The highest BCUT2D eigenvalue weighted by Crippen LogP contribution is 2.13. The zero-order chi connectivity index (χ0) is 20.0. The van der Waals surface area contributed by atoms with Crippen LogP contribution in [0.25, 0.3) is 0 Å². The average molecular weight is 435 g/mol. The summed E-state index contributed by atoms with van der Waals surface area (Å²) in [5.74, 6) is -0.626. The number of hydrogen-bond acceptors (Lipinski definition) is 4. The Balaban J connectivity index is 2.33. The van der Waals surface area contributed by atoms with Crippen molar-refractivity contribution in [1.82, 2.24) is 14.5 Å². The van der Waals surface area contributed by atoms with Gasteiger partial charge in [-0.2, -0.15) is 0 Å². The van der Waals surface area contributed by atoms with Gasteiger partial charge in [0, 0.05) is 43.2 Å². The van der Waals surface area contributed by atoms with Gasteiger partial charge in [-0.15, -0.1) is 0 Å². The highest BCUT2D eigenvalue weighted by molar-refractivity contribution is 9.10. The van der Waals surface area contributed by atoms with E-state index < -0.39 is 5.91 Å². The minimum Gasteiger partial charge on any atom is -0.339 e. The molecule has 0 bridgehead atoms. The average Bonchev–Trinajstić information content (AvgIpc) is 2.64. The van der Waals surface area contributed by atoms with E-state index in [-0.39, 0.29) is 17.2 Å². The first-order valence-corrected chi connectivity index (χ1v) is 9.58. The molecule has 2 aromatic rings. The van der Waals surface area contributed by atoms with Crippen molar-refractivity contribution >= 4 is 33.4 Å². The summed E-state index contributed by atoms with van der Waals surface area (Å²) in [6.45, 7) is 5.30. The first-order chi connectivity index (χ1) is 12.9. The molecule has 0 spiro atoms. The van der Waals surface area contributed by atoms with Crippen LogP contribution in [0.1, 0.15) is 47.4 Å². The van der Waals surface area contributed by atoms with Gasteiger partial charge in [0.05, 0.1) is 11.1 Å². The number of carbonyl (C=O) groups is 2. The van der Waals surface area contributed by atoms with Gasteiger partial charge in [-0.25, -0.2) is 0 Å². The Morgan fingerprint density at radius 1 is 1.15 bits per heavy atom. The quantitative estimate of drug-likeness (QED) is 0.725. The number of nitrogens with one attached hydrogen (secondary N) is 1. The van der Waals surface area contributed by atoms with Gasteiger partial charge < -0.3 is 14.8 Å². The summed E-state index contributed by atoms with van der Waals surface area (Å²) in [4.78, 5) is 43.4. The molecule has 0 aliphatic heterocycles. The molecule has 0 atom stereocenters. The van der Waals surface area contributed by atoms with Crippen molar-refractivity contribution in [3.05, 3.63) is 56.7 Å². The van der Waals surface area contributed by atoms with Crippen molar-refractivity contribution in [1.29, 1.82) is 0 Å². The normalized spacial score (nSPS) is 10.5. The van der Waals surface area contributed by atoms with Gasteiger partial charge in [-0.05, 0) is 40.9 Å². The number of amides is 2. The van der Waals surface area contributed by atoms with Gasteiger partial charge in [0.2, 0.25) is 0 Å². The van der Waals surface area contributed by atoms with Crippen molar-refractivity contribution in [2.24, 2.45) is 7.05 Å². The summed E-state index contributed by atoms with van der Waals surface area (Å²) >= 11 is 3.26. The van der Waals surface area contributed by atoms with Crippen LogP contribution in [-0.2, 0) is 7.05 Å².